The second-order valence-corrected chi connectivity index (χ2v) is 4.88. The highest BCUT2D eigenvalue weighted by molar-refractivity contribution is 6.41. The number of anilines is 1. The molecular weight excluding hydrogens is 317 g/mol. The van der Waals surface area contributed by atoms with Crippen molar-refractivity contribution in [2.45, 2.75) is 34.1 Å². The molecule has 0 fully saturated rings. The molecule has 1 aromatic rings. The zero-order valence-corrected chi connectivity index (χ0v) is 15.1. The third-order valence-electron chi connectivity index (χ3n) is 2.76. The zero-order chi connectivity index (χ0) is 17.1. The molecule has 1 aromatic carbocycles. The monoisotopic (exact) mass is 339 g/mol. The molecule has 0 atom stereocenters. The summed E-state index contributed by atoms with van der Waals surface area (Å²) in [5.74, 6) is -0.359. The molecule has 0 saturated heterocycles. The molecule has 0 unspecified atom stereocenters. The van der Waals surface area contributed by atoms with E-state index in [0.717, 1.165) is 6.42 Å². The maximum atomic E-state index is 12.2. The van der Waals surface area contributed by atoms with Gasteiger partial charge in [0.2, 0.25) is 0 Å². The molecule has 2 nitrogen and oxygen atoms in total. The molecular formula is C18H23Cl2NO. The Morgan fingerprint density at radius 1 is 1.23 bits per heavy atom. The van der Waals surface area contributed by atoms with Crippen LogP contribution in [0.4, 0.5) is 5.69 Å². The molecule has 0 saturated carbocycles. The van der Waals surface area contributed by atoms with Crippen LogP contribution in [-0.2, 0) is 11.2 Å². The third-order valence-corrected chi connectivity index (χ3v) is 3.51. The number of carbonyl (C=O) groups is 1. The zero-order valence-electron chi connectivity index (χ0n) is 13.5. The summed E-state index contributed by atoms with van der Waals surface area (Å²) in [6.07, 6.45) is 3.96. The Hall–Kier alpha value is -1.51. The summed E-state index contributed by atoms with van der Waals surface area (Å²) in [6.45, 7) is 11.4. The van der Waals surface area contributed by atoms with Gasteiger partial charge < -0.3 is 5.32 Å². The Labute approximate surface area is 143 Å². The Kier molecular flexibility index (Phi) is 10.3. The standard InChI is InChI=1S/C16H17Cl2NO.C2H6/c1-4-11-7-9-12(10-8-11)19-16(20)15(13(17)5-2)14(18)6-3;1-2/h5-10H,2,4H2,1,3H3,(H,19,20);1-2H3/b14-6+,15-13-;. The molecule has 22 heavy (non-hydrogen) atoms. The van der Waals surface area contributed by atoms with Crippen LogP contribution in [0.2, 0.25) is 0 Å². The predicted molar refractivity (Wildman–Crippen MR) is 98.5 cm³/mol. The number of hydrogen-bond acceptors (Lipinski definition) is 1. The fourth-order valence-corrected chi connectivity index (χ4v) is 2.02. The van der Waals surface area contributed by atoms with Crippen LogP contribution in [0.15, 0.2) is 58.6 Å². The van der Waals surface area contributed by atoms with E-state index in [1.54, 1.807) is 13.0 Å². The van der Waals surface area contributed by atoms with E-state index >= 15 is 0 Å². The number of carbonyl (C=O) groups excluding carboxylic acids is 1. The van der Waals surface area contributed by atoms with E-state index in [2.05, 4.69) is 18.8 Å². The van der Waals surface area contributed by atoms with Crippen molar-refractivity contribution in [3.05, 3.63) is 64.2 Å². The molecule has 0 radical (unpaired) electrons. The van der Waals surface area contributed by atoms with Gasteiger partial charge >= 0.3 is 0 Å². The van der Waals surface area contributed by atoms with Crippen molar-refractivity contribution < 1.29 is 4.79 Å². The molecule has 0 aromatic heterocycles. The number of allylic oxidation sites excluding steroid dienone is 3. The van der Waals surface area contributed by atoms with Crippen molar-refractivity contribution in [3.8, 4) is 0 Å². The molecule has 120 valence electrons. The van der Waals surface area contributed by atoms with Crippen molar-refractivity contribution in [1.82, 2.24) is 0 Å². The SMILES string of the molecule is C=C/C(Cl)=C(C(=O)Nc1ccc(CC)cc1)\C(Cl)=C/C.CC. The lowest BCUT2D eigenvalue weighted by Crippen LogP contribution is -2.15. The van der Waals surface area contributed by atoms with E-state index in [0.29, 0.717) is 5.69 Å². The maximum absolute atomic E-state index is 12.2. The lowest BCUT2D eigenvalue weighted by Gasteiger charge is -2.10. The molecule has 0 bridgehead atoms. The quantitative estimate of drug-likeness (QED) is 0.514. The minimum absolute atomic E-state index is 0.213. The molecule has 0 aliphatic carbocycles. The van der Waals surface area contributed by atoms with Crippen LogP contribution in [0.1, 0.15) is 33.3 Å². The lowest BCUT2D eigenvalue weighted by atomic mass is 10.1. The van der Waals surface area contributed by atoms with Crippen molar-refractivity contribution in [1.29, 1.82) is 0 Å². The molecule has 1 rings (SSSR count). The van der Waals surface area contributed by atoms with Gasteiger partial charge in [-0.3, -0.25) is 4.79 Å². The first-order chi connectivity index (χ1) is 10.5. The second-order valence-electron chi connectivity index (χ2n) is 4.07. The van der Waals surface area contributed by atoms with Gasteiger partial charge in [0, 0.05) is 5.69 Å². The molecule has 0 spiro atoms. The first-order valence-electron chi connectivity index (χ1n) is 7.28. The molecule has 0 aliphatic heterocycles. The van der Waals surface area contributed by atoms with Gasteiger partial charge in [-0.15, -0.1) is 0 Å². The normalized spacial score (nSPS) is 11.8. The Bertz CT molecular complexity index is 557. The number of benzene rings is 1. The van der Waals surface area contributed by atoms with Crippen molar-refractivity contribution in [2.24, 2.45) is 0 Å². The fourth-order valence-electron chi connectivity index (χ4n) is 1.59. The topological polar surface area (TPSA) is 29.1 Å². The average Bonchev–Trinajstić information content (AvgIpc) is 2.57. The summed E-state index contributed by atoms with van der Waals surface area (Å²) in [5.41, 5.74) is 2.11. The molecule has 1 N–H and O–H groups in total. The van der Waals surface area contributed by atoms with Crippen LogP contribution in [0.25, 0.3) is 0 Å². The molecule has 4 heteroatoms. The van der Waals surface area contributed by atoms with Gasteiger partial charge in [0.25, 0.3) is 5.91 Å². The smallest absolute Gasteiger partial charge is 0.258 e. The van der Waals surface area contributed by atoms with E-state index in [4.69, 9.17) is 23.2 Å². The van der Waals surface area contributed by atoms with Gasteiger partial charge in [-0.1, -0.05) is 68.8 Å². The van der Waals surface area contributed by atoms with Crippen LogP contribution in [0.3, 0.4) is 0 Å². The van der Waals surface area contributed by atoms with E-state index in [1.165, 1.54) is 11.6 Å². The first-order valence-corrected chi connectivity index (χ1v) is 8.03. The number of amides is 1. The van der Waals surface area contributed by atoms with Crippen LogP contribution in [-0.4, -0.2) is 5.91 Å². The lowest BCUT2D eigenvalue weighted by molar-refractivity contribution is -0.112. The van der Waals surface area contributed by atoms with Gasteiger partial charge in [0.05, 0.1) is 15.6 Å². The number of halogens is 2. The summed E-state index contributed by atoms with van der Waals surface area (Å²) in [4.78, 5) is 12.2. The van der Waals surface area contributed by atoms with E-state index < -0.39 is 0 Å². The highest BCUT2D eigenvalue weighted by atomic mass is 35.5. The van der Waals surface area contributed by atoms with E-state index in [9.17, 15) is 4.79 Å². The summed E-state index contributed by atoms with van der Waals surface area (Å²) in [6, 6.07) is 7.62. The van der Waals surface area contributed by atoms with E-state index in [1.807, 2.05) is 38.1 Å². The number of nitrogens with one attached hydrogen (secondary N) is 1. The molecule has 0 aliphatic rings. The Morgan fingerprint density at radius 3 is 2.18 bits per heavy atom. The van der Waals surface area contributed by atoms with Crippen molar-refractivity contribution >= 4 is 34.8 Å². The summed E-state index contributed by atoms with van der Waals surface area (Å²) in [5, 5.41) is 3.28. The highest BCUT2D eigenvalue weighted by Gasteiger charge is 2.16. The number of rotatable bonds is 5. The molecule has 1 amide bonds. The minimum atomic E-state index is -0.359. The third kappa shape index (κ3) is 6.08. The Balaban J connectivity index is 0.00000211. The van der Waals surface area contributed by atoms with Crippen molar-refractivity contribution in [2.75, 3.05) is 5.32 Å². The number of hydrogen-bond donors (Lipinski definition) is 1. The molecule has 0 heterocycles. The summed E-state index contributed by atoms with van der Waals surface area (Å²) < 4.78 is 0. The van der Waals surface area contributed by atoms with Crippen LogP contribution in [0, 0.1) is 0 Å². The minimum Gasteiger partial charge on any atom is -0.322 e. The van der Waals surface area contributed by atoms with Crippen LogP contribution < -0.4 is 5.32 Å². The summed E-state index contributed by atoms with van der Waals surface area (Å²) >= 11 is 12.0. The van der Waals surface area contributed by atoms with E-state index in [-0.39, 0.29) is 21.5 Å². The van der Waals surface area contributed by atoms with Gasteiger partial charge in [-0.05, 0) is 37.1 Å². The summed E-state index contributed by atoms with van der Waals surface area (Å²) in [7, 11) is 0. The largest absolute Gasteiger partial charge is 0.322 e. The van der Waals surface area contributed by atoms with Gasteiger partial charge in [-0.2, -0.15) is 0 Å². The van der Waals surface area contributed by atoms with Crippen LogP contribution in [0.5, 0.6) is 0 Å². The number of aryl methyl sites for hydroxylation is 1. The average molecular weight is 340 g/mol. The Morgan fingerprint density at radius 2 is 1.77 bits per heavy atom. The first kappa shape index (κ1) is 20.5. The van der Waals surface area contributed by atoms with Gasteiger partial charge in [0.15, 0.2) is 0 Å². The second kappa shape index (κ2) is 11.1. The maximum Gasteiger partial charge on any atom is 0.258 e. The van der Waals surface area contributed by atoms with Gasteiger partial charge in [-0.25, -0.2) is 0 Å². The van der Waals surface area contributed by atoms with Crippen LogP contribution >= 0.6 is 23.2 Å². The fraction of sp³-hybridized carbons (Fsp3) is 0.278. The predicted octanol–water partition coefficient (Wildman–Crippen LogP) is 6.04. The van der Waals surface area contributed by atoms with Crippen molar-refractivity contribution in [3.63, 3.8) is 0 Å². The highest BCUT2D eigenvalue weighted by Crippen LogP contribution is 2.24. The van der Waals surface area contributed by atoms with Gasteiger partial charge in [0.1, 0.15) is 0 Å².